The van der Waals surface area contributed by atoms with E-state index < -0.39 is 4.92 Å². The van der Waals surface area contributed by atoms with Crippen LogP contribution in [-0.4, -0.2) is 34.6 Å². The molecule has 0 bridgehead atoms. The smallest absolute Gasteiger partial charge is 0.293 e. The van der Waals surface area contributed by atoms with Crippen molar-refractivity contribution in [3.63, 3.8) is 0 Å². The molecule has 1 fully saturated rings. The number of nitro benzene ring substituents is 1. The number of nitrogens with one attached hydrogen (secondary N) is 2. The van der Waals surface area contributed by atoms with E-state index in [2.05, 4.69) is 10.6 Å². The van der Waals surface area contributed by atoms with Crippen molar-refractivity contribution < 1.29 is 14.8 Å². The van der Waals surface area contributed by atoms with Gasteiger partial charge in [0, 0.05) is 17.7 Å². The van der Waals surface area contributed by atoms with Gasteiger partial charge in [-0.25, -0.2) is 0 Å². The third kappa shape index (κ3) is 4.58. The molecule has 0 saturated heterocycles. The number of anilines is 1. The zero-order valence-corrected chi connectivity index (χ0v) is 14.2. The summed E-state index contributed by atoms with van der Waals surface area (Å²) in [6.07, 6.45) is 2.43. The van der Waals surface area contributed by atoms with Crippen molar-refractivity contribution in [3.05, 3.63) is 69.8 Å². The molecule has 0 aliphatic heterocycles. The second-order valence-corrected chi connectivity index (χ2v) is 6.45. The Bertz CT molecular complexity index is 791. The predicted molar refractivity (Wildman–Crippen MR) is 98.2 cm³/mol. The lowest BCUT2D eigenvalue weighted by Gasteiger charge is -2.18. The van der Waals surface area contributed by atoms with Crippen LogP contribution in [-0.2, 0) is 6.42 Å². The summed E-state index contributed by atoms with van der Waals surface area (Å²) in [4.78, 5) is 23.0. The van der Waals surface area contributed by atoms with E-state index in [0.717, 1.165) is 18.4 Å². The first-order chi connectivity index (χ1) is 12.6. The van der Waals surface area contributed by atoms with Crippen LogP contribution >= 0.6 is 0 Å². The summed E-state index contributed by atoms with van der Waals surface area (Å²) in [5.74, 6) is -0.301. The second kappa shape index (κ2) is 7.97. The van der Waals surface area contributed by atoms with Crippen LogP contribution in [0.3, 0.4) is 0 Å². The molecule has 1 saturated carbocycles. The molecule has 1 unspecified atom stereocenters. The van der Waals surface area contributed by atoms with Gasteiger partial charge in [0.15, 0.2) is 0 Å². The number of aliphatic hydroxyl groups excluding tert-OH is 1. The predicted octanol–water partition coefficient (Wildman–Crippen LogP) is 2.50. The van der Waals surface area contributed by atoms with Gasteiger partial charge in [0.05, 0.1) is 17.6 Å². The summed E-state index contributed by atoms with van der Waals surface area (Å²) in [5, 5.41) is 26.9. The molecule has 3 rings (SSSR count). The number of aliphatic hydroxyl groups is 1. The highest BCUT2D eigenvalue weighted by Crippen LogP contribution is 2.27. The minimum Gasteiger partial charge on any atom is -0.394 e. The van der Waals surface area contributed by atoms with E-state index in [4.69, 9.17) is 0 Å². The van der Waals surface area contributed by atoms with Crippen molar-refractivity contribution in [2.45, 2.75) is 31.3 Å². The van der Waals surface area contributed by atoms with Gasteiger partial charge in [-0.1, -0.05) is 30.3 Å². The molecule has 0 radical (unpaired) electrons. The Morgan fingerprint density at radius 3 is 2.58 bits per heavy atom. The molecule has 0 spiro atoms. The Kier molecular flexibility index (Phi) is 5.48. The number of rotatable bonds is 8. The van der Waals surface area contributed by atoms with Gasteiger partial charge in [-0.2, -0.15) is 0 Å². The van der Waals surface area contributed by atoms with Crippen molar-refractivity contribution in [1.29, 1.82) is 0 Å². The third-order valence-electron chi connectivity index (χ3n) is 4.27. The molecular weight excluding hydrogens is 334 g/mol. The lowest BCUT2D eigenvalue weighted by Crippen LogP contribution is -2.27. The number of carbonyl (C=O) groups excluding carboxylic acids is 1. The Balaban J connectivity index is 1.76. The normalized spacial score (nSPS) is 14.5. The first kappa shape index (κ1) is 17.9. The molecule has 7 nitrogen and oxygen atoms in total. The molecule has 0 aromatic heterocycles. The van der Waals surface area contributed by atoms with Crippen LogP contribution in [0.1, 0.15) is 28.8 Å². The van der Waals surface area contributed by atoms with Gasteiger partial charge < -0.3 is 15.7 Å². The van der Waals surface area contributed by atoms with E-state index in [1.54, 1.807) is 6.07 Å². The zero-order chi connectivity index (χ0) is 18.5. The van der Waals surface area contributed by atoms with Gasteiger partial charge in [-0.15, -0.1) is 0 Å². The van der Waals surface area contributed by atoms with Gasteiger partial charge in [0.1, 0.15) is 5.69 Å². The fourth-order valence-corrected chi connectivity index (χ4v) is 2.72. The van der Waals surface area contributed by atoms with Gasteiger partial charge in [0.2, 0.25) is 0 Å². The van der Waals surface area contributed by atoms with Gasteiger partial charge in [0.25, 0.3) is 11.6 Å². The molecule has 7 heteroatoms. The summed E-state index contributed by atoms with van der Waals surface area (Å²) >= 11 is 0. The first-order valence-electron chi connectivity index (χ1n) is 8.57. The summed E-state index contributed by atoms with van der Waals surface area (Å²) in [6.45, 7) is -0.171. The Hall–Kier alpha value is -2.93. The van der Waals surface area contributed by atoms with E-state index in [1.165, 1.54) is 12.1 Å². The second-order valence-electron chi connectivity index (χ2n) is 6.45. The highest BCUT2D eigenvalue weighted by Gasteiger charge is 2.25. The molecule has 136 valence electrons. The maximum absolute atomic E-state index is 12.1. The van der Waals surface area contributed by atoms with Crippen LogP contribution in [0.25, 0.3) is 0 Å². The van der Waals surface area contributed by atoms with Crippen LogP contribution in [0, 0.1) is 10.1 Å². The van der Waals surface area contributed by atoms with E-state index >= 15 is 0 Å². The molecule has 0 heterocycles. The number of hydrogen-bond donors (Lipinski definition) is 3. The summed E-state index contributed by atoms with van der Waals surface area (Å²) in [7, 11) is 0. The molecule has 2 aromatic rings. The van der Waals surface area contributed by atoms with E-state index in [-0.39, 0.29) is 41.5 Å². The topological polar surface area (TPSA) is 104 Å². The lowest BCUT2D eigenvalue weighted by molar-refractivity contribution is -0.384. The average Bonchev–Trinajstić information content (AvgIpc) is 3.46. The fourth-order valence-electron chi connectivity index (χ4n) is 2.72. The van der Waals surface area contributed by atoms with Crippen LogP contribution in [0.15, 0.2) is 48.5 Å². The SMILES string of the molecule is O=C(NC1CC1)c1ccc(NC(CO)Cc2ccccc2)c([N+](=O)[O-])c1. The fraction of sp³-hybridized carbons (Fsp3) is 0.316. The van der Waals surface area contributed by atoms with Crippen LogP contribution in [0.4, 0.5) is 11.4 Å². The zero-order valence-electron chi connectivity index (χ0n) is 14.2. The third-order valence-corrected chi connectivity index (χ3v) is 4.27. The number of carbonyl (C=O) groups is 1. The summed E-state index contributed by atoms with van der Waals surface area (Å²) in [5.41, 5.74) is 1.38. The van der Waals surface area contributed by atoms with Crippen LogP contribution in [0.2, 0.25) is 0 Å². The Morgan fingerprint density at radius 2 is 1.96 bits per heavy atom. The van der Waals surface area contributed by atoms with E-state index in [1.807, 2.05) is 30.3 Å². The van der Waals surface area contributed by atoms with Crippen molar-refractivity contribution in [1.82, 2.24) is 5.32 Å². The molecule has 3 N–H and O–H groups in total. The van der Waals surface area contributed by atoms with E-state index in [9.17, 15) is 20.0 Å². The summed E-state index contributed by atoms with van der Waals surface area (Å²) < 4.78 is 0. The van der Waals surface area contributed by atoms with E-state index in [0.29, 0.717) is 6.42 Å². The highest BCUT2D eigenvalue weighted by molar-refractivity contribution is 5.96. The van der Waals surface area contributed by atoms with Gasteiger partial charge in [-0.3, -0.25) is 14.9 Å². The number of amides is 1. The van der Waals surface area contributed by atoms with Crippen molar-refractivity contribution in [2.75, 3.05) is 11.9 Å². The monoisotopic (exact) mass is 355 g/mol. The molecule has 2 aromatic carbocycles. The number of hydrogen-bond acceptors (Lipinski definition) is 5. The minimum atomic E-state index is -0.521. The summed E-state index contributed by atoms with van der Waals surface area (Å²) in [6, 6.07) is 13.7. The Labute approximate surface area is 151 Å². The molecule has 1 atom stereocenters. The lowest BCUT2D eigenvalue weighted by atomic mass is 10.1. The van der Waals surface area contributed by atoms with Crippen molar-refractivity contribution in [3.8, 4) is 0 Å². The maximum atomic E-state index is 12.1. The number of nitrogens with zero attached hydrogens (tertiary/aromatic N) is 1. The highest BCUT2D eigenvalue weighted by atomic mass is 16.6. The van der Waals surface area contributed by atoms with Crippen molar-refractivity contribution >= 4 is 17.3 Å². The van der Waals surface area contributed by atoms with Gasteiger partial charge >= 0.3 is 0 Å². The minimum absolute atomic E-state index is 0.171. The van der Waals surface area contributed by atoms with Gasteiger partial charge in [-0.05, 0) is 37.0 Å². The standard InChI is InChI=1S/C19H21N3O4/c23-12-16(10-13-4-2-1-3-5-13)20-17-9-6-14(11-18(17)22(25)26)19(24)21-15-7-8-15/h1-6,9,11,15-16,20,23H,7-8,10,12H2,(H,21,24). The maximum Gasteiger partial charge on any atom is 0.293 e. The largest absolute Gasteiger partial charge is 0.394 e. The molecule has 26 heavy (non-hydrogen) atoms. The Morgan fingerprint density at radius 1 is 1.23 bits per heavy atom. The van der Waals surface area contributed by atoms with Crippen LogP contribution in [0.5, 0.6) is 0 Å². The molecule has 1 aliphatic rings. The van der Waals surface area contributed by atoms with Crippen LogP contribution < -0.4 is 10.6 Å². The quantitative estimate of drug-likeness (QED) is 0.498. The first-order valence-corrected chi connectivity index (χ1v) is 8.57. The number of nitro groups is 1. The molecule has 1 amide bonds. The molecular formula is C19H21N3O4. The molecule has 1 aliphatic carbocycles. The van der Waals surface area contributed by atoms with Crippen molar-refractivity contribution in [2.24, 2.45) is 0 Å². The average molecular weight is 355 g/mol. The number of benzene rings is 2.